The molecule has 1 aromatic carbocycles. The van der Waals surface area contributed by atoms with Crippen LogP contribution in [0, 0.1) is 0 Å². The van der Waals surface area contributed by atoms with Crippen molar-refractivity contribution in [2.24, 2.45) is 4.99 Å². The molecule has 2 heterocycles. The Morgan fingerprint density at radius 1 is 1.43 bits per heavy atom. The average molecular weight is 316 g/mol. The van der Waals surface area contributed by atoms with Gasteiger partial charge in [-0.05, 0) is 31.9 Å². The minimum Gasteiger partial charge on any atom is -0.376 e. The first-order chi connectivity index (χ1) is 11.1. The van der Waals surface area contributed by atoms with Crippen LogP contribution in [0.3, 0.4) is 0 Å². The van der Waals surface area contributed by atoms with Gasteiger partial charge in [-0.25, -0.2) is 10.0 Å². The SMILES string of the molecule is C[C@H]1N=C(C(=O)NC[C@H]2CCCO2)NN(c2ccccc2)C1=O. The summed E-state index contributed by atoms with van der Waals surface area (Å²) in [5.74, 6) is -0.397. The van der Waals surface area contributed by atoms with Crippen molar-refractivity contribution >= 4 is 23.3 Å². The van der Waals surface area contributed by atoms with E-state index in [4.69, 9.17) is 4.74 Å². The predicted octanol–water partition coefficient (Wildman–Crippen LogP) is 0.620. The van der Waals surface area contributed by atoms with Crippen LogP contribution in [-0.4, -0.2) is 42.9 Å². The van der Waals surface area contributed by atoms with Gasteiger partial charge in [-0.15, -0.1) is 0 Å². The van der Waals surface area contributed by atoms with Crippen molar-refractivity contribution in [3.63, 3.8) is 0 Å². The second-order valence-corrected chi connectivity index (χ2v) is 5.62. The number of anilines is 1. The molecule has 1 aromatic rings. The summed E-state index contributed by atoms with van der Waals surface area (Å²) in [7, 11) is 0. The monoisotopic (exact) mass is 316 g/mol. The van der Waals surface area contributed by atoms with Gasteiger partial charge in [0.2, 0.25) is 5.84 Å². The molecule has 0 aromatic heterocycles. The van der Waals surface area contributed by atoms with Crippen molar-refractivity contribution in [3.05, 3.63) is 30.3 Å². The summed E-state index contributed by atoms with van der Waals surface area (Å²) in [6.45, 7) is 2.87. The van der Waals surface area contributed by atoms with E-state index in [-0.39, 0.29) is 23.8 Å². The Balaban J connectivity index is 1.68. The Labute approximate surface area is 134 Å². The van der Waals surface area contributed by atoms with Crippen LogP contribution in [0.1, 0.15) is 19.8 Å². The first-order valence-electron chi connectivity index (χ1n) is 7.78. The van der Waals surface area contributed by atoms with E-state index < -0.39 is 6.04 Å². The van der Waals surface area contributed by atoms with E-state index >= 15 is 0 Å². The number of benzene rings is 1. The number of amides is 2. The number of hydrazine groups is 1. The molecule has 2 N–H and O–H groups in total. The van der Waals surface area contributed by atoms with Crippen molar-refractivity contribution in [2.75, 3.05) is 18.2 Å². The second-order valence-electron chi connectivity index (χ2n) is 5.62. The third-order valence-corrected chi connectivity index (χ3v) is 3.86. The summed E-state index contributed by atoms with van der Waals surface area (Å²) in [4.78, 5) is 28.7. The van der Waals surface area contributed by atoms with Crippen LogP contribution in [0.15, 0.2) is 35.3 Å². The number of hydrogen-bond donors (Lipinski definition) is 2. The molecule has 0 unspecified atom stereocenters. The lowest BCUT2D eigenvalue weighted by atomic mass is 10.2. The van der Waals surface area contributed by atoms with E-state index in [2.05, 4.69) is 15.7 Å². The first kappa shape index (κ1) is 15.5. The third kappa shape index (κ3) is 3.50. The summed E-state index contributed by atoms with van der Waals surface area (Å²) >= 11 is 0. The van der Waals surface area contributed by atoms with Crippen molar-refractivity contribution < 1.29 is 14.3 Å². The molecule has 0 saturated carbocycles. The van der Waals surface area contributed by atoms with Gasteiger partial charge in [0.05, 0.1) is 11.8 Å². The van der Waals surface area contributed by atoms with Gasteiger partial charge in [-0.2, -0.15) is 0 Å². The lowest BCUT2D eigenvalue weighted by molar-refractivity contribution is -0.120. The summed E-state index contributed by atoms with van der Waals surface area (Å²) < 4.78 is 5.48. The zero-order chi connectivity index (χ0) is 16.2. The molecule has 2 aliphatic rings. The number of carbonyl (C=O) groups is 2. The zero-order valence-electron chi connectivity index (χ0n) is 13.0. The molecule has 7 nitrogen and oxygen atoms in total. The summed E-state index contributed by atoms with van der Waals surface area (Å²) in [5, 5.41) is 4.17. The van der Waals surface area contributed by atoms with Crippen LogP contribution < -0.4 is 15.8 Å². The number of ether oxygens (including phenoxy) is 1. The maximum absolute atomic E-state index is 12.3. The van der Waals surface area contributed by atoms with Crippen LogP contribution in [0.4, 0.5) is 5.69 Å². The predicted molar refractivity (Wildman–Crippen MR) is 85.9 cm³/mol. The van der Waals surface area contributed by atoms with Gasteiger partial charge in [0.1, 0.15) is 6.04 Å². The molecule has 1 saturated heterocycles. The van der Waals surface area contributed by atoms with Gasteiger partial charge in [0, 0.05) is 13.2 Å². The third-order valence-electron chi connectivity index (χ3n) is 3.86. The fourth-order valence-electron chi connectivity index (χ4n) is 2.60. The summed E-state index contributed by atoms with van der Waals surface area (Å²) in [6, 6.07) is 8.51. The van der Waals surface area contributed by atoms with Gasteiger partial charge >= 0.3 is 0 Å². The van der Waals surface area contributed by atoms with E-state index in [0.29, 0.717) is 12.2 Å². The minimum absolute atomic E-state index is 0.0624. The molecule has 122 valence electrons. The zero-order valence-corrected chi connectivity index (χ0v) is 13.0. The number of nitrogens with one attached hydrogen (secondary N) is 2. The number of carbonyl (C=O) groups excluding carboxylic acids is 2. The van der Waals surface area contributed by atoms with Gasteiger partial charge in [-0.3, -0.25) is 15.0 Å². The van der Waals surface area contributed by atoms with Gasteiger partial charge in [-0.1, -0.05) is 18.2 Å². The highest BCUT2D eigenvalue weighted by Crippen LogP contribution is 2.16. The quantitative estimate of drug-likeness (QED) is 0.853. The van der Waals surface area contributed by atoms with E-state index in [1.807, 2.05) is 18.2 Å². The highest BCUT2D eigenvalue weighted by Gasteiger charge is 2.30. The molecule has 0 spiro atoms. The second kappa shape index (κ2) is 6.78. The molecule has 0 aliphatic carbocycles. The Bertz CT molecular complexity index is 611. The molecule has 1 fully saturated rings. The maximum Gasteiger partial charge on any atom is 0.288 e. The van der Waals surface area contributed by atoms with Gasteiger partial charge < -0.3 is 10.1 Å². The standard InChI is InChI=1S/C16H20N4O3/c1-11-16(22)20(12-6-3-2-4-7-12)19-14(18-11)15(21)17-10-13-8-5-9-23-13/h2-4,6-7,11,13H,5,8-10H2,1H3,(H,17,21)(H,18,19)/t11-,13-/m1/s1. The highest BCUT2D eigenvalue weighted by atomic mass is 16.5. The van der Waals surface area contributed by atoms with Crippen molar-refractivity contribution in [2.45, 2.75) is 31.9 Å². The van der Waals surface area contributed by atoms with Crippen LogP contribution in [0.25, 0.3) is 0 Å². The molecule has 3 rings (SSSR count). The van der Waals surface area contributed by atoms with Gasteiger partial charge in [0.25, 0.3) is 11.8 Å². The molecular weight excluding hydrogens is 296 g/mol. The number of aliphatic imine (C=N–C) groups is 1. The highest BCUT2D eigenvalue weighted by molar-refractivity contribution is 6.39. The molecule has 2 atom stereocenters. The topological polar surface area (TPSA) is 83.0 Å². The smallest absolute Gasteiger partial charge is 0.288 e. The maximum atomic E-state index is 12.3. The lowest BCUT2D eigenvalue weighted by Crippen LogP contribution is -2.58. The van der Waals surface area contributed by atoms with Crippen molar-refractivity contribution in [1.82, 2.24) is 10.7 Å². The number of amidine groups is 1. The molecule has 7 heteroatoms. The largest absolute Gasteiger partial charge is 0.376 e. The molecule has 2 aliphatic heterocycles. The number of para-hydroxylation sites is 1. The Morgan fingerprint density at radius 3 is 2.91 bits per heavy atom. The van der Waals surface area contributed by atoms with Gasteiger partial charge in [0.15, 0.2) is 0 Å². The average Bonchev–Trinajstić information content (AvgIpc) is 3.09. The molecule has 23 heavy (non-hydrogen) atoms. The fraction of sp³-hybridized carbons (Fsp3) is 0.438. The van der Waals surface area contributed by atoms with Crippen molar-refractivity contribution in [3.8, 4) is 0 Å². The van der Waals surface area contributed by atoms with Crippen LogP contribution in [0.5, 0.6) is 0 Å². The van der Waals surface area contributed by atoms with Crippen LogP contribution >= 0.6 is 0 Å². The molecule has 0 bridgehead atoms. The fourth-order valence-corrected chi connectivity index (χ4v) is 2.60. The minimum atomic E-state index is -0.611. The number of hydrogen-bond acceptors (Lipinski definition) is 5. The van der Waals surface area contributed by atoms with Crippen LogP contribution in [0.2, 0.25) is 0 Å². The molecule has 2 amide bonds. The Kier molecular flexibility index (Phi) is 4.57. The number of nitrogens with zero attached hydrogens (tertiary/aromatic N) is 2. The normalized spacial score (nSPS) is 24.1. The van der Waals surface area contributed by atoms with E-state index in [9.17, 15) is 9.59 Å². The summed E-state index contributed by atoms with van der Waals surface area (Å²) in [6.07, 6.45) is 2.03. The van der Waals surface area contributed by atoms with Crippen molar-refractivity contribution in [1.29, 1.82) is 0 Å². The lowest BCUT2D eigenvalue weighted by Gasteiger charge is -2.30. The Hall–Kier alpha value is -2.41. The van der Waals surface area contributed by atoms with E-state index in [0.717, 1.165) is 19.4 Å². The van der Waals surface area contributed by atoms with E-state index in [1.54, 1.807) is 19.1 Å². The number of rotatable bonds is 4. The summed E-state index contributed by atoms with van der Waals surface area (Å²) in [5.41, 5.74) is 3.48. The molecule has 0 radical (unpaired) electrons. The molecular formula is C16H20N4O3. The van der Waals surface area contributed by atoms with Crippen LogP contribution in [-0.2, 0) is 14.3 Å². The Morgan fingerprint density at radius 2 is 2.22 bits per heavy atom. The van der Waals surface area contributed by atoms with E-state index in [1.165, 1.54) is 5.01 Å². The first-order valence-corrected chi connectivity index (χ1v) is 7.78.